The third kappa shape index (κ3) is 4.91. The Bertz CT molecular complexity index is 329. The average Bonchev–Trinajstić information content (AvgIpc) is 2.56. The second-order valence-corrected chi connectivity index (χ2v) is 6.49. The highest BCUT2D eigenvalue weighted by Gasteiger charge is 2.34. The molecule has 120 valence electrons. The lowest BCUT2D eigenvalue weighted by Crippen LogP contribution is -2.50. The van der Waals surface area contributed by atoms with Crippen molar-refractivity contribution in [3.05, 3.63) is 0 Å². The molecule has 1 saturated heterocycles. The van der Waals surface area contributed by atoms with Crippen molar-refractivity contribution in [2.75, 3.05) is 26.3 Å². The molecule has 2 fully saturated rings. The Morgan fingerprint density at radius 1 is 1.24 bits per heavy atom. The number of rotatable bonds is 7. The molecule has 2 atom stereocenters. The third-order valence-electron chi connectivity index (χ3n) is 5.11. The van der Waals surface area contributed by atoms with Crippen molar-refractivity contribution >= 4 is 6.01 Å². The number of ether oxygens (including phenoxy) is 1. The summed E-state index contributed by atoms with van der Waals surface area (Å²) in [6, 6.07) is 3.13. The van der Waals surface area contributed by atoms with Crippen LogP contribution >= 0.6 is 0 Å². The molecule has 0 spiro atoms. The summed E-state index contributed by atoms with van der Waals surface area (Å²) in [5, 5.41) is 7.38. The molecule has 1 saturated carbocycles. The SMILES string of the molecule is CCCCC(C(N=C=N)C1CCCCC1)N1CCOCC1. The Labute approximate surface area is 129 Å². The standard InChI is InChI=1S/C17H31N3O/c1-2-3-9-16(20-10-12-21-13-11-20)17(19-14-18)15-7-5-4-6-8-15/h15-18H,2-13H2,1H3. The van der Waals surface area contributed by atoms with E-state index in [0.29, 0.717) is 12.0 Å². The van der Waals surface area contributed by atoms with Crippen LogP contribution in [-0.2, 0) is 4.74 Å². The molecule has 2 aliphatic rings. The zero-order valence-electron chi connectivity index (χ0n) is 13.5. The molecular weight excluding hydrogens is 262 g/mol. The van der Waals surface area contributed by atoms with Gasteiger partial charge in [-0.15, -0.1) is 0 Å². The number of unbranched alkanes of at least 4 members (excludes halogenated alkanes) is 1. The molecule has 1 aliphatic carbocycles. The van der Waals surface area contributed by atoms with E-state index < -0.39 is 0 Å². The zero-order valence-corrected chi connectivity index (χ0v) is 13.5. The first-order valence-electron chi connectivity index (χ1n) is 8.80. The molecule has 0 aromatic heterocycles. The van der Waals surface area contributed by atoms with Crippen LogP contribution in [0.4, 0.5) is 0 Å². The zero-order chi connectivity index (χ0) is 14.9. The van der Waals surface area contributed by atoms with Gasteiger partial charge in [-0.25, -0.2) is 10.4 Å². The maximum absolute atomic E-state index is 7.38. The fraction of sp³-hybridized carbons (Fsp3) is 0.941. The predicted octanol–water partition coefficient (Wildman–Crippen LogP) is 3.58. The number of aliphatic imine (C=N–C) groups is 1. The largest absolute Gasteiger partial charge is 0.379 e. The molecule has 1 heterocycles. The van der Waals surface area contributed by atoms with Crippen molar-refractivity contribution in [3.8, 4) is 0 Å². The summed E-state index contributed by atoms with van der Waals surface area (Å²) in [4.78, 5) is 7.08. The predicted molar refractivity (Wildman–Crippen MR) is 86.2 cm³/mol. The van der Waals surface area contributed by atoms with Crippen LogP contribution in [0, 0.1) is 11.3 Å². The lowest BCUT2D eigenvalue weighted by molar-refractivity contribution is 0.00205. The maximum atomic E-state index is 7.38. The summed E-state index contributed by atoms with van der Waals surface area (Å²) in [5.74, 6) is 0.654. The van der Waals surface area contributed by atoms with Crippen LogP contribution in [0.3, 0.4) is 0 Å². The molecule has 0 aromatic carbocycles. The lowest BCUT2D eigenvalue weighted by atomic mass is 9.79. The van der Waals surface area contributed by atoms with E-state index in [9.17, 15) is 0 Å². The molecule has 0 aromatic rings. The summed E-state index contributed by atoms with van der Waals surface area (Å²) >= 11 is 0. The minimum Gasteiger partial charge on any atom is -0.379 e. The molecule has 0 amide bonds. The van der Waals surface area contributed by atoms with E-state index in [-0.39, 0.29) is 6.04 Å². The monoisotopic (exact) mass is 293 g/mol. The van der Waals surface area contributed by atoms with E-state index in [2.05, 4.69) is 22.8 Å². The first kappa shape index (κ1) is 16.7. The topological polar surface area (TPSA) is 48.7 Å². The van der Waals surface area contributed by atoms with E-state index in [1.54, 1.807) is 0 Å². The van der Waals surface area contributed by atoms with Crippen molar-refractivity contribution in [1.29, 1.82) is 5.41 Å². The van der Waals surface area contributed by atoms with E-state index in [0.717, 1.165) is 26.3 Å². The number of hydrogen-bond acceptors (Lipinski definition) is 4. The van der Waals surface area contributed by atoms with Gasteiger partial charge < -0.3 is 4.74 Å². The first-order valence-corrected chi connectivity index (χ1v) is 8.80. The second kappa shape index (κ2) is 9.34. The minimum absolute atomic E-state index is 0.271. The smallest absolute Gasteiger partial charge is 0.0865 e. The Morgan fingerprint density at radius 3 is 2.57 bits per heavy atom. The lowest BCUT2D eigenvalue weighted by Gasteiger charge is -2.41. The molecular formula is C17H31N3O. The van der Waals surface area contributed by atoms with Gasteiger partial charge >= 0.3 is 0 Å². The van der Waals surface area contributed by atoms with E-state index >= 15 is 0 Å². The quantitative estimate of drug-likeness (QED) is 0.729. The molecule has 0 bridgehead atoms. The normalized spacial score (nSPS) is 24.2. The number of nitrogens with zero attached hydrogens (tertiary/aromatic N) is 2. The van der Waals surface area contributed by atoms with Crippen molar-refractivity contribution in [2.24, 2.45) is 10.9 Å². The van der Waals surface area contributed by atoms with Gasteiger partial charge in [0, 0.05) is 19.1 Å². The Balaban J connectivity index is 2.09. The van der Waals surface area contributed by atoms with E-state index in [4.69, 9.17) is 10.1 Å². The average molecular weight is 293 g/mol. The van der Waals surface area contributed by atoms with Gasteiger partial charge in [0.2, 0.25) is 0 Å². The molecule has 2 unspecified atom stereocenters. The molecule has 4 nitrogen and oxygen atoms in total. The van der Waals surface area contributed by atoms with Crippen LogP contribution in [-0.4, -0.2) is 49.3 Å². The Morgan fingerprint density at radius 2 is 1.95 bits per heavy atom. The van der Waals surface area contributed by atoms with E-state index in [1.165, 1.54) is 51.4 Å². The van der Waals surface area contributed by atoms with Gasteiger partial charge in [-0.1, -0.05) is 39.0 Å². The Hall–Kier alpha value is -0.700. The van der Waals surface area contributed by atoms with Gasteiger partial charge in [0.05, 0.1) is 25.3 Å². The summed E-state index contributed by atoms with van der Waals surface area (Å²) in [5.41, 5.74) is 0. The van der Waals surface area contributed by atoms with Crippen LogP contribution in [0.5, 0.6) is 0 Å². The highest BCUT2D eigenvalue weighted by Crippen LogP contribution is 2.32. The fourth-order valence-electron chi connectivity index (χ4n) is 3.95. The van der Waals surface area contributed by atoms with Crippen LogP contribution < -0.4 is 0 Å². The highest BCUT2D eigenvalue weighted by atomic mass is 16.5. The van der Waals surface area contributed by atoms with Gasteiger partial charge in [-0.3, -0.25) is 4.90 Å². The summed E-state index contributed by atoms with van der Waals surface area (Å²) in [6.07, 6.45) is 10.3. The fourth-order valence-corrected chi connectivity index (χ4v) is 3.95. The summed E-state index contributed by atoms with van der Waals surface area (Å²) in [6.45, 7) is 5.98. The van der Waals surface area contributed by atoms with Crippen molar-refractivity contribution in [2.45, 2.75) is 70.4 Å². The second-order valence-electron chi connectivity index (χ2n) is 6.49. The van der Waals surface area contributed by atoms with Gasteiger partial charge in [0.1, 0.15) is 0 Å². The molecule has 0 radical (unpaired) electrons. The Kier molecular flexibility index (Phi) is 7.42. The molecule has 1 aliphatic heterocycles. The number of hydrogen-bond donors (Lipinski definition) is 1. The van der Waals surface area contributed by atoms with Gasteiger partial charge in [-0.2, -0.15) is 0 Å². The minimum atomic E-state index is 0.271. The van der Waals surface area contributed by atoms with Gasteiger partial charge in [-0.05, 0) is 25.2 Å². The van der Waals surface area contributed by atoms with Crippen LogP contribution in [0.15, 0.2) is 4.99 Å². The van der Waals surface area contributed by atoms with Crippen molar-refractivity contribution < 1.29 is 4.74 Å². The highest BCUT2D eigenvalue weighted by molar-refractivity contribution is 5.36. The third-order valence-corrected chi connectivity index (χ3v) is 5.11. The van der Waals surface area contributed by atoms with Crippen molar-refractivity contribution in [1.82, 2.24) is 4.90 Å². The molecule has 2 rings (SSSR count). The van der Waals surface area contributed by atoms with Gasteiger partial charge in [0.15, 0.2) is 0 Å². The first-order chi connectivity index (χ1) is 10.4. The van der Waals surface area contributed by atoms with Crippen molar-refractivity contribution in [3.63, 3.8) is 0 Å². The van der Waals surface area contributed by atoms with Crippen LogP contribution in [0.2, 0.25) is 0 Å². The molecule has 4 heteroatoms. The van der Waals surface area contributed by atoms with Crippen LogP contribution in [0.1, 0.15) is 58.3 Å². The summed E-state index contributed by atoms with van der Waals surface area (Å²) < 4.78 is 5.51. The molecule has 21 heavy (non-hydrogen) atoms. The molecule has 1 N–H and O–H groups in total. The summed E-state index contributed by atoms with van der Waals surface area (Å²) in [7, 11) is 0. The maximum Gasteiger partial charge on any atom is 0.0865 e. The van der Waals surface area contributed by atoms with E-state index in [1.807, 2.05) is 0 Å². The number of morpholine rings is 1. The van der Waals surface area contributed by atoms with Gasteiger partial charge in [0.25, 0.3) is 0 Å². The number of nitrogens with one attached hydrogen (secondary N) is 1. The van der Waals surface area contributed by atoms with Crippen LogP contribution in [0.25, 0.3) is 0 Å².